The van der Waals surface area contributed by atoms with E-state index in [-0.39, 0.29) is 18.3 Å². The maximum absolute atomic E-state index is 12.1. The molecule has 0 aliphatic rings. The molecule has 0 aliphatic carbocycles. The zero-order chi connectivity index (χ0) is 18.7. The van der Waals surface area contributed by atoms with Crippen molar-refractivity contribution in [3.05, 3.63) is 53.1 Å². The van der Waals surface area contributed by atoms with E-state index in [2.05, 4.69) is 22.4 Å². The number of carbonyl (C=O) groups is 2. The van der Waals surface area contributed by atoms with Crippen LogP contribution in [0.5, 0.6) is 5.75 Å². The Morgan fingerprint density at radius 1 is 1.15 bits per heavy atom. The molecule has 0 unspecified atom stereocenters. The van der Waals surface area contributed by atoms with Gasteiger partial charge >= 0.3 is 0 Å². The Balaban J connectivity index is 1.60. The lowest BCUT2D eigenvalue weighted by atomic mass is 10.1. The highest BCUT2D eigenvalue weighted by atomic mass is 32.1. The number of aromatic nitrogens is 1. The minimum atomic E-state index is -0.271. The molecule has 0 aliphatic heterocycles. The first-order chi connectivity index (χ1) is 12.5. The van der Waals surface area contributed by atoms with Gasteiger partial charge in [0, 0.05) is 12.0 Å². The minimum Gasteiger partial charge on any atom is -0.484 e. The van der Waals surface area contributed by atoms with Gasteiger partial charge in [-0.15, -0.1) is 0 Å². The summed E-state index contributed by atoms with van der Waals surface area (Å²) in [5, 5.41) is 3.34. The van der Waals surface area contributed by atoms with Gasteiger partial charge in [0.15, 0.2) is 17.5 Å². The molecule has 2 aromatic carbocycles. The van der Waals surface area contributed by atoms with Gasteiger partial charge in [-0.3, -0.25) is 14.9 Å². The van der Waals surface area contributed by atoms with E-state index >= 15 is 0 Å². The number of ketones is 1. The highest BCUT2D eigenvalue weighted by Gasteiger charge is 2.11. The Bertz CT molecular complexity index is 961. The van der Waals surface area contributed by atoms with Crippen molar-refractivity contribution in [3.8, 4) is 5.75 Å². The van der Waals surface area contributed by atoms with E-state index < -0.39 is 0 Å². The molecule has 1 heterocycles. The van der Waals surface area contributed by atoms with Crippen molar-refractivity contribution >= 4 is 38.4 Å². The monoisotopic (exact) mass is 368 g/mol. The highest BCUT2D eigenvalue weighted by molar-refractivity contribution is 7.22. The fourth-order valence-corrected chi connectivity index (χ4v) is 3.73. The first-order valence-corrected chi connectivity index (χ1v) is 9.21. The first-order valence-electron chi connectivity index (χ1n) is 8.40. The van der Waals surface area contributed by atoms with Gasteiger partial charge in [0.25, 0.3) is 5.91 Å². The number of thiazole rings is 1. The molecule has 1 N–H and O–H groups in total. The smallest absolute Gasteiger partial charge is 0.264 e. The molecule has 0 saturated heterocycles. The van der Waals surface area contributed by atoms with Crippen LogP contribution < -0.4 is 10.1 Å². The van der Waals surface area contributed by atoms with Crippen LogP contribution in [-0.4, -0.2) is 23.3 Å². The topological polar surface area (TPSA) is 68.3 Å². The van der Waals surface area contributed by atoms with E-state index in [4.69, 9.17) is 4.74 Å². The zero-order valence-corrected chi connectivity index (χ0v) is 15.8. The number of carbonyl (C=O) groups excluding carboxylic acids is 2. The van der Waals surface area contributed by atoms with E-state index in [1.165, 1.54) is 16.9 Å². The van der Waals surface area contributed by atoms with Crippen molar-refractivity contribution in [2.75, 3.05) is 11.9 Å². The first kappa shape index (κ1) is 18.1. The van der Waals surface area contributed by atoms with E-state index in [0.717, 1.165) is 15.8 Å². The number of Topliss-reactive ketones (excluding diaryl/α,β-unsaturated/α-hetero) is 1. The molecule has 0 bridgehead atoms. The number of ether oxygens (including phenoxy) is 1. The van der Waals surface area contributed by atoms with Crippen LogP contribution in [0.2, 0.25) is 0 Å². The van der Waals surface area contributed by atoms with Crippen LogP contribution >= 0.6 is 11.3 Å². The predicted molar refractivity (Wildman–Crippen MR) is 104 cm³/mol. The lowest BCUT2D eigenvalue weighted by Crippen LogP contribution is -2.20. The molecular weight excluding hydrogens is 348 g/mol. The van der Waals surface area contributed by atoms with E-state index in [9.17, 15) is 9.59 Å². The van der Waals surface area contributed by atoms with Crippen molar-refractivity contribution in [1.29, 1.82) is 0 Å². The Morgan fingerprint density at radius 2 is 1.88 bits per heavy atom. The number of anilines is 1. The molecule has 0 saturated carbocycles. The van der Waals surface area contributed by atoms with Crippen LogP contribution in [0.25, 0.3) is 10.2 Å². The van der Waals surface area contributed by atoms with Gasteiger partial charge < -0.3 is 4.74 Å². The number of hydrogen-bond acceptors (Lipinski definition) is 5. The number of amides is 1. The van der Waals surface area contributed by atoms with Crippen LogP contribution in [0, 0.1) is 13.8 Å². The molecule has 1 aromatic heterocycles. The zero-order valence-electron chi connectivity index (χ0n) is 15.0. The average molecular weight is 368 g/mol. The van der Waals surface area contributed by atoms with Crippen molar-refractivity contribution in [2.45, 2.75) is 27.2 Å². The van der Waals surface area contributed by atoms with E-state index in [1.807, 2.05) is 20.8 Å². The van der Waals surface area contributed by atoms with Gasteiger partial charge in [-0.1, -0.05) is 24.3 Å². The summed E-state index contributed by atoms with van der Waals surface area (Å²) < 4.78 is 6.53. The number of aryl methyl sites for hydroxylation is 2. The SMILES string of the molecule is CCC(=O)c1ccc(OCC(=O)Nc2nc3c(C)cc(C)cc3s2)cc1. The average Bonchev–Trinajstić information content (AvgIpc) is 3.02. The molecule has 0 fully saturated rings. The third kappa shape index (κ3) is 4.08. The molecule has 6 heteroatoms. The normalized spacial score (nSPS) is 10.7. The number of benzene rings is 2. The second-order valence-corrected chi connectivity index (χ2v) is 7.12. The van der Waals surface area contributed by atoms with Gasteiger partial charge in [-0.05, 0) is 55.3 Å². The standard InChI is InChI=1S/C20H20N2O3S/c1-4-16(23)14-5-7-15(8-6-14)25-11-18(24)21-20-22-19-13(3)9-12(2)10-17(19)26-20/h5-10H,4,11H2,1-3H3,(H,21,22,24). The molecule has 0 radical (unpaired) electrons. The van der Waals surface area contributed by atoms with Crippen LogP contribution in [0.4, 0.5) is 5.13 Å². The molecule has 26 heavy (non-hydrogen) atoms. The summed E-state index contributed by atoms with van der Waals surface area (Å²) in [4.78, 5) is 28.2. The van der Waals surface area contributed by atoms with Gasteiger partial charge in [0.05, 0.1) is 10.2 Å². The number of nitrogens with zero attached hydrogens (tertiary/aromatic N) is 1. The van der Waals surface area contributed by atoms with Crippen LogP contribution in [0.1, 0.15) is 34.8 Å². The molecule has 0 atom stereocenters. The molecule has 134 valence electrons. The van der Waals surface area contributed by atoms with Crippen molar-refractivity contribution in [3.63, 3.8) is 0 Å². The van der Waals surface area contributed by atoms with Gasteiger partial charge in [0.1, 0.15) is 5.75 Å². The largest absolute Gasteiger partial charge is 0.484 e. The van der Waals surface area contributed by atoms with Crippen molar-refractivity contribution in [1.82, 2.24) is 4.98 Å². The minimum absolute atomic E-state index is 0.0793. The fraction of sp³-hybridized carbons (Fsp3) is 0.250. The Hall–Kier alpha value is -2.73. The number of fused-ring (bicyclic) bond motifs is 1. The number of nitrogens with one attached hydrogen (secondary N) is 1. The maximum atomic E-state index is 12.1. The fourth-order valence-electron chi connectivity index (χ4n) is 2.67. The van der Waals surface area contributed by atoms with Crippen molar-refractivity contribution < 1.29 is 14.3 Å². The van der Waals surface area contributed by atoms with Crippen LogP contribution in [0.15, 0.2) is 36.4 Å². The third-order valence-electron chi connectivity index (χ3n) is 3.94. The van der Waals surface area contributed by atoms with Crippen LogP contribution in [-0.2, 0) is 4.79 Å². The summed E-state index contributed by atoms with van der Waals surface area (Å²) in [5.74, 6) is 0.353. The lowest BCUT2D eigenvalue weighted by molar-refractivity contribution is -0.118. The summed E-state index contributed by atoms with van der Waals surface area (Å²) in [6.07, 6.45) is 0.462. The summed E-state index contributed by atoms with van der Waals surface area (Å²) in [7, 11) is 0. The van der Waals surface area contributed by atoms with Gasteiger partial charge in [-0.2, -0.15) is 0 Å². The summed E-state index contributed by atoms with van der Waals surface area (Å²) in [5.41, 5.74) is 3.82. The van der Waals surface area contributed by atoms with Gasteiger partial charge in [-0.25, -0.2) is 4.98 Å². The van der Waals surface area contributed by atoms with E-state index in [1.54, 1.807) is 24.3 Å². The molecule has 5 nitrogen and oxygen atoms in total. The Labute approximate surface area is 156 Å². The number of rotatable bonds is 6. The summed E-state index contributed by atoms with van der Waals surface area (Å²) >= 11 is 1.45. The number of hydrogen-bond donors (Lipinski definition) is 1. The Kier molecular flexibility index (Phi) is 5.32. The quantitative estimate of drug-likeness (QED) is 0.649. The second-order valence-electron chi connectivity index (χ2n) is 6.09. The molecular formula is C20H20N2O3S. The second kappa shape index (κ2) is 7.66. The predicted octanol–water partition coefficient (Wildman–Crippen LogP) is 4.52. The third-order valence-corrected chi connectivity index (χ3v) is 4.86. The van der Waals surface area contributed by atoms with Crippen LogP contribution in [0.3, 0.4) is 0 Å². The molecule has 0 spiro atoms. The maximum Gasteiger partial charge on any atom is 0.264 e. The molecule has 3 rings (SSSR count). The van der Waals surface area contributed by atoms with Gasteiger partial charge in [0.2, 0.25) is 0 Å². The van der Waals surface area contributed by atoms with E-state index in [0.29, 0.717) is 22.9 Å². The molecule has 1 amide bonds. The highest BCUT2D eigenvalue weighted by Crippen LogP contribution is 2.29. The Morgan fingerprint density at radius 3 is 2.58 bits per heavy atom. The lowest BCUT2D eigenvalue weighted by Gasteiger charge is -2.06. The summed E-state index contributed by atoms with van der Waals surface area (Å²) in [6.45, 7) is 5.76. The van der Waals surface area contributed by atoms with Crippen molar-refractivity contribution in [2.24, 2.45) is 0 Å². The summed E-state index contributed by atoms with van der Waals surface area (Å²) in [6, 6.07) is 10.9. The molecule has 3 aromatic rings.